The molecule has 3 atom stereocenters. The minimum atomic E-state index is -0.878. The van der Waals surface area contributed by atoms with Crippen LogP contribution in [-0.4, -0.2) is 34.5 Å². The number of amides is 1. The van der Waals surface area contributed by atoms with Crippen LogP contribution in [0, 0.1) is 5.92 Å². The number of hydrogen-bond donors (Lipinski definition) is 1. The number of rotatable bonds is 3. The number of halogens is 1. The van der Waals surface area contributed by atoms with E-state index >= 15 is 0 Å². The second kappa shape index (κ2) is 5.20. The van der Waals surface area contributed by atoms with E-state index in [4.69, 9.17) is 5.11 Å². The molecule has 0 radical (unpaired) electrons. The molecular weight excluding hydrogens is 322 g/mol. The number of aliphatic carboxylic acids is 1. The van der Waals surface area contributed by atoms with Crippen LogP contribution < -0.4 is 0 Å². The SMILES string of the molecule is O=C(O)[C@H]1CCCN1C(=O)[C@@H]1C[C@@H]1c1ccc(Br)cc1. The Labute approximate surface area is 125 Å². The molecule has 1 aliphatic carbocycles. The third-order valence-electron chi connectivity index (χ3n) is 4.23. The minimum absolute atomic E-state index is 0.0165. The smallest absolute Gasteiger partial charge is 0.326 e. The van der Waals surface area contributed by atoms with Crippen molar-refractivity contribution in [2.24, 2.45) is 5.92 Å². The van der Waals surface area contributed by atoms with Crippen molar-refractivity contribution in [3.63, 3.8) is 0 Å². The van der Waals surface area contributed by atoms with Crippen molar-refractivity contribution in [1.29, 1.82) is 0 Å². The van der Waals surface area contributed by atoms with Crippen LogP contribution in [0.3, 0.4) is 0 Å². The van der Waals surface area contributed by atoms with Crippen molar-refractivity contribution in [3.05, 3.63) is 34.3 Å². The van der Waals surface area contributed by atoms with Crippen molar-refractivity contribution in [2.75, 3.05) is 6.54 Å². The van der Waals surface area contributed by atoms with Gasteiger partial charge in [-0.3, -0.25) is 4.79 Å². The maximum Gasteiger partial charge on any atom is 0.326 e. The first-order valence-corrected chi connectivity index (χ1v) is 7.66. The van der Waals surface area contributed by atoms with E-state index in [1.54, 1.807) is 4.90 Å². The van der Waals surface area contributed by atoms with Gasteiger partial charge in [-0.05, 0) is 42.9 Å². The third-order valence-corrected chi connectivity index (χ3v) is 4.76. The quantitative estimate of drug-likeness (QED) is 0.922. The predicted octanol–water partition coefficient (Wildman–Crippen LogP) is 2.63. The van der Waals surface area contributed by atoms with Gasteiger partial charge >= 0.3 is 5.97 Å². The number of carboxylic acid groups (broad SMARTS) is 1. The molecule has 5 heteroatoms. The van der Waals surface area contributed by atoms with Gasteiger partial charge in [-0.15, -0.1) is 0 Å². The van der Waals surface area contributed by atoms with Crippen LogP contribution in [0.1, 0.15) is 30.7 Å². The van der Waals surface area contributed by atoms with Crippen LogP contribution in [0.25, 0.3) is 0 Å². The summed E-state index contributed by atoms with van der Waals surface area (Å²) in [6.07, 6.45) is 2.21. The van der Waals surface area contributed by atoms with Gasteiger partial charge in [0.2, 0.25) is 5.91 Å². The second-order valence-corrected chi connectivity index (χ2v) is 6.44. The fraction of sp³-hybridized carbons (Fsp3) is 0.467. The van der Waals surface area contributed by atoms with Crippen LogP contribution in [0.15, 0.2) is 28.7 Å². The van der Waals surface area contributed by atoms with Crippen molar-refractivity contribution in [1.82, 2.24) is 4.90 Å². The number of nitrogens with zero attached hydrogens (tertiary/aromatic N) is 1. The van der Waals surface area contributed by atoms with E-state index in [1.165, 1.54) is 0 Å². The molecule has 0 unspecified atom stereocenters. The zero-order valence-corrected chi connectivity index (χ0v) is 12.5. The number of likely N-dealkylation sites (tertiary alicyclic amines) is 1. The molecule has 20 heavy (non-hydrogen) atoms. The fourth-order valence-electron chi connectivity index (χ4n) is 3.05. The summed E-state index contributed by atoms with van der Waals surface area (Å²) in [7, 11) is 0. The molecular formula is C15H16BrNO3. The molecule has 1 amide bonds. The summed E-state index contributed by atoms with van der Waals surface area (Å²) in [5.74, 6) is -0.638. The molecule has 1 saturated carbocycles. The van der Waals surface area contributed by atoms with Gasteiger partial charge in [-0.2, -0.15) is 0 Å². The summed E-state index contributed by atoms with van der Waals surface area (Å²) in [5.41, 5.74) is 1.16. The van der Waals surface area contributed by atoms with Gasteiger partial charge in [0.1, 0.15) is 6.04 Å². The predicted molar refractivity (Wildman–Crippen MR) is 77.4 cm³/mol. The Bertz CT molecular complexity index is 543. The van der Waals surface area contributed by atoms with Crippen molar-refractivity contribution < 1.29 is 14.7 Å². The van der Waals surface area contributed by atoms with E-state index < -0.39 is 12.0 Å². The largest absolute Gasteiger partial charge is 0.480 e. The lowest BCUT2D eigenvalue weighted by atomic mass is 10.1. The Morgan fingerprint density at radius 3 is 2.60 bits per heavy atom. The zero-order chi connectivity index (χ0) is 14.3. The molecule has 1 aromatic carbocycles. The Morgan fingerprint density at radius 1 is 1.25 bits per heavy atom. The molecule has 1 N–H and O–H groups in total. The van der Waals surface area contributed by atoms with Gasteiger partial charge in [0.05, 0.1) is 0 Å². The van der Waals surface area contributed by atoms with Gasteiger partial charge in [-0.1, -0.05) is 28.1 Å². The first-order chi connectivity index (χ1) is 9.58. The average molecular weight is 338 g/mol. The number of carboxylic acids is 1. The lowest BCUT2D eigenvalue weighted by molar-refractivity contribution is -0.148. The topological polar surface area (TPSA) is 57.6 Å². The van der Waals surface area contributed by atoms with Gasteiger partial charge in [0.25, 0.3) is 0 Å². The first kappa shape index (κ1) is 13.6. The molecule has 1 heterocycles. The summed E-state index contributed by atoms with van der Waals surface area (Å²) >= 11 is 3.40. The highest BCUT2D eigenvalue weighted by Crippen LogP contribution is 2.49. The van der Waals surface area contributed by atoms with E-state index in [0.717, 1.165) is 22.9 Å². The van der Waals surface area contributed by atoms with Crippen LogP contribution in [0.5, 0.6) is 0 Å². The van der Waals surface area contributed by atoms with Gasteiger partial charge in [0, 0.05) is 16.9 Å². The van der Waals surface area contributed by atoms with Gasteiger partial charge in [0.15, 0.2) is 0 Å². The average Bonchev–Trinajstić information content (AvgIpc) is 3.06. The van der Waals surface area contributed by atoms with E-state index in [1.807, 2.05) is 24.3 Å². The maximum absolute atomic E-state index is 12.4. The highest BCUT2D eigenvalue weighted by atomic mass is 79.9. The number of hydrogen-bond acceptors (Lipinski definition) is 2. The molecule has 1 aliphatic heterocycles. The first-order valence-electron chi connectivity index (χ1n) is 6.86. The molecule has 2 aliphatic rings. The molecule has 0 bridgehead atoms. The summed E-state index contributed by atoms with van der Waals surface area (Å²) in [6.45, 7) is 0.583. The lowest BCUT2D eigenvalue weighted by Crippen LogP contribution is -2.41. The molecule has 1 aromatic rings. The van der Waals surface area contributed by atoms with Crippen LogP contribution in [0.2, 0.25) is 0 Å². The Hall–Kier alpha value is -1.36. The standard InChI is InChI=1S/C15H16BrNO3/c16-10-5-3-9(4-6-10)11-8-12(11)14(18)17-7-1-2-13(17)15(19)20/h3-6,11-13H,1-2,7-8H2,(H,19,20)/t11-,12-,13-/m1/s1. The minimum Gasteiger partial charge on any atom is -0.480 e. The highest BCUT2D eigenvalue weighted by molar-refractivity contribution is 9.10. The molecule has 4 nitrogen and oxygen atoms in total. The maximum atomic E-state index is 12.4. The van der Waals surface area contributed by atoms with Crippen molar-refractivity contribution in [2.45, 2.75) is 31.2 Å². The lowest BCUT2D eigenvalue weighted by Gasteiger charge is -2.21. The number of benzene rings is 1. The normalized spacial score (nSPS) is 28.4. The molecule has 0 aromatic heterocycles. The van der Waals surface area contributed by atoms with E-state index in [9.17, 15) is 9.59 Å². The summed E-state index contributed by atoms with van der Waals surface area (Å²) in [5, 5.41) is 9.15. The fourth-order valence-corrected chi connectivity index (χ4v) is 3.31. The van der Waals surface area contributed by atoms with Crippen LogP contribution in [-0.2, 0) is 9.59 Å². The Morgan fingerprint density at radius 2 is 1.95 bits per heavy atom. The van der Waals surface area contributed by atoms with E-state index in [-0.39, 0.29) is 17.7 Å². The summed E-state index contributed by atoms with van der Waals surface area (Å²) in [6, 6.07) is 7.39. The van der Waals surface area contributed by atoms with Crippen molar-refractivity contribution in [3.8, 4) is 0 Å². The number of carbonyl (C=O) groups excluding carboxylic acids is 1. The van der Waals surface area contributed by atoms with Gasteiger partial charge in [-0.25, -0.2) is 4.79 Å². The van der Waals surface area contributed by atoms with Gasteiger partial charge < -0.3 is 10.0 Å². The van der Waals surface area contributed by atoms with E-state index in [2.05, 4.69) is 15.9 Å². The summed E-state index contributed by atoms with van der Waals surface area (Å²) in [4.78, 5) is 25.1. The molecule has 0 spiro atoms. The Kier molecular flexibility index (Phi) is 3.54. The molecule has 1 saturated heterocycles. The Balaban J connectivity index is 1.68. The van der Waals surface area contributed by atoms with Crippen LogP contribution in [0.4, 0.5) is 0 Å². The molecule has 106 valence electrons. The molecule has 2 fully saturated rings. The monoisotopic (exact) mass is 337 g/mol. The van der Waals surface area contributed by atoms with E-state index in [0.29, 0.717) is 13.0 Å². The highest BCUT2D eigenvalue weighted by Gasteiger charge is 2.48. The van der Waals surface area contributed by atoms with Crippen molar-refractivity contribution >= 4 is 27.8 Å². The summed E-state index contributed by atoms with van der Waals surface area (Å²) < 4.78 is 1.02. The number of carbonyl (C=O) groups is 2. The third kappa shape index (κ3) is 2.46. The second-order valence-electron chi connectivity index (χ2n) is 5.53. The van der Waals surface area contributed by atoms with Crippen LogP contribution >= 0.6 is 15.9 Å². The molecule has 3 rings (SSSR count). The zero-order valence-electron chi connectivity index (χ0n) is 11.0.